The van der Waals surface area contributed by atoms with Crippen LogP contribution in [0.25, 0.3) is 11.3 Å². The van der Waals surface area contributed by atoms with Gasteiger partial charge in [0.05, 0.1) is 12.3 Å². The maximum atomic E-state index is 11.7. The lowest BCUT2D eigenvalue weighted by atomic mass is 10.1. The molecule has 0 bridgehead atoms. The Morgan fingerprint density at radius 2 is 1.94 bits per heavy atom. The Kier molecular flexibility index (Phi) is 3.66. The monoisotopic (exact) mass is 310 g/mol. The van der Waals surface area contributed by atoms with E-state index >= 15 is 0 Å². The van der Waals surface area contributed by atoms with Crippen molar-refractivity contribution in [3.05, 3.63) is 44.9 Å². The van der Waals surface area contributed by atoms with Crippen LogP contribution in [0.1, 0.15) is 17.4 Å². The zero-order valence-corrected chi connectivity index (χ0v) is 11.2. The van der Waals surface area contributed by atoms with Crippen LogP contribution in [0.3, 0.4) is 0 Å². The molecular weight excluding hydrogens is 300 g/mol. The van der Waals surface area contributed by atoms with Gasteiger partial charge in [-0.05, 0) is 19.1 Å². The summed E-state index contributed by atoms with van der Waals surface area (Å²) in [5.41, 5.74) is 0.880. The third-order valence-corrected chi connectivity index (χ3v) is 2.87. The molecule has 2 rings (SSSR count). The van der Waals surface area contributed by atoms with E-state index in [1.54, 1.807) is 19.1 Å². The molecule has 6 heteroatoms. The minimum absolute atomic E-state index is 0.143. The number of aromatic nitrogens is 2. The number of aromatic amines is 2. The number of benzene rings is 1. The number of carbonyl (C=O) groups is 1. The topological polar surface area (TPSA) is 75.0 Å². The van der Waals surface area contributed by atoms with Crippen LogP contribution in [-0.4, -0.2) is 22.5 Å². The lowest BCUT2D eigenvalue weighted by Crippen LogP contribution is -2.08. The largest absolute Gasteiger partial charge is 0.461 e. The highest BCUT2D eigenvalue weighted by molar-refractivity contribution is 9.10. The predicted molar refractivity (Wildman–Crippen MR) is 70.5 cm³/mol. The summed E-state index contributed by atoms with van der Waals surface area (Å²) in [5, 5.41) is 0. The average Bonchev–Trinajstić information content (AvgIpc) is 2.73. The lowest BCUT2D eigenvalue weighted by molar-refractivity contribution is 0.0521. The molecule has 2 aromatic rings. The van der Waals surface area contributed by atoms with Crippen LogP contribution < -0.4 is 5.69 Å². The summed E-state index contributed by atoms with van der Waals surface area (Å²) < 4.78 is 5.81. The molecule has 0 atom stereocenters. The van der Waals surface area contributed by atoms with Crippen molar-refractivity contribution < 1.29 is 9.53 Å². The van der Waals surface area contributed by atoms with Crippen LogP contribution in [0, 0.1) is 0 Å². The molecule has 0 saturated carbocycles. The van der Waals surface area contributed by atoms with Gasteiger partial charge in [0.15, 0.2) is 5.69 Å². The van der Waals surface area contributed by atoms with Gasteiger partial charge < -0.3 is 9.72 Å². The van der Waals surface area contributed by atoms with E-state index in [0.717, 1.165) is 10.0 Å². The summed E-state index contributed by atoms with van der Waals surface area (Å²) in [7, 11) is 0. The fourth-order valence-corrected chi connectivity index (χ4v) is 1.84. The van der Waals surface area contributed by atoms with Crippen molar-refractivity contribution in [2.45, 2.75) is 6.92 Å². The highest BCUT2D eigenvalue weighted by atomic mass is 79.9. The second-order valence-electron chi connectivity index (χ2n) is 3.56. The van der Waals surface area contributed by atoms with Gasteiger partial charge in [0, 0.05) is 10.0 Å². The van der Waals surface area contributed by atoms with Gasteiger partial charge in [-0.15, -0.1) is 0 Å². The Morgan fingerprint density at radius 3 is 2.56 bits per heavy atom. The molecule has 1 aromatic heterocycles. The Balaban J connectivity index is 2.47. The van der Waals surface area contributed by atoms with Crippen LogP contribution in [0.2, 0.25) is 0 Å². The number of rotatable bonds is 3. The molecule has 0 fully saturated rings. The fraction of sp³-hybridized carbons (Fsp3) is 0.167. The van der Waals surface area contributed by atoms with E-state index in [9.17, 15) is 9.59 Å². The molecule has 5 nitrogen and oxygen atoms in total. The zero-order chi connectivity index (χ0) is 13.1. The molecule has 0 amide bonds. The lowest BCUT2D eigenvalue weighted by Gasteiger charge is -2.03. The van der Waals surface area contributed by atoms with Crippen molar-refractivity contribution in [2.75, 3.05) is 6.61 Å². The van der Waals surface area contributed by atoms with E-state index < -0.39 is 11.7 Å². The molecule has 0 aliphatic carbocycles. The minimum Gasteiger partial charge on any atom is -0.461 e. The van der Waals surface area contributed by atoms with Crippen LogP contribution in [0.4, 0.5) is 0 Å². The van der Waals surface area contributed by atoms with Gasteiger partial charge in [-0.1, -0.05) is 28.1 Å². The molecular formula is C12H11BrN2O3. The molecule has 0 unspecified atom stereocenters. The van der Waals surface area contributed by atoms with Crippen molar-refractivity contribution in [1.29, 1.82) is 0 Å². The molecule has 94 valence electrons. The third-order valence-electron chi connectivity index (χ3n) is 2.34. The van der Waals surface area contributed by atoms with E-state index in [2.05, 4.69) is 25.9 Å². The number of hydrogen-bond acceptors (Lipinski definition) is 3. The number of H-pyrrole nitrogens is 2. The maximum absolute atomic E-state index is 11.7. The number of carbonyl (C=O) groups excluding carboxylic acids is 1. The molecule has 18 heavy (non-hydrogen) atoms. The minimum atomic E-state index is -0.547. The van der Waals surface area contributed by atoms with E-state index in [1.807, 2.05) is 12.1 Å². The smallest absolute Gasteiger partial charge is 0.357 e. The second kappa shape index (κ2) is 5.22. The average molecular weight is 311 g/mol. The highest BCUT2D eigenvalue weighted by Crippen LogP contribution is 2.22. The van der Waals surface area contributed by atoms with Crippen LogP contribution >= 0.6 is 15.9 Å². The molecule has 0 saturated heterocycles. The van der Waals surface area contributed by atoms with Gasteiger partial charge in [-0.25, -0.2) is 9.59 Å². The number of ether oxygens (including phenoxy) is 1. The van der Waals surface area contributed by atoms with Gasteiger partial charge >= 0.3 is 11.7 Å². The van der Waals surface area contributed by atoms with Gasteiger partial charge in [0.1, 0.15) is 0 Å². The molecule has 1 heterocycles. The number of imidazole rings is 1. The van der Waals surface area contributed by atoms with E-state index in [0.29, 0.717) is 5.69 Å². The summed E-state index contributed by atoms with van der Waals surface area (Å²) in [6.45, 7) is 1.97. The van der Waals surface area contributed by atoms with Crippen molar-refractivity contribution in [3.8, 4) is 11.3 Å². The summed E-state index contributed by atoms with van der Waals surface area (Å²) in [4.78, 5) is 28.1. The number of nitrogens with one attached hydrogen (secondary N) is 2. The molecule has 0 aliphatic rings. The number of hydrogen-bond donors (Lipinski definition) is 2. The van der Waals surface area contributed by atoms with Crippen LogP contribution in [0.15, 0.2) is 33.5 Å². The van der Waals surface area contributed by atoms with Gasteiger partial charge in [0.2, 0.25) is 0 Å². The Hall–Kier alpha value is -1.82. The predicted octanol–water partition coefficient (Wildman–Crippen LogP) is 2.31. The number of halogens is 1. The third kappa shape index (κ3) is 2.53. The van der Waals surface area contributed by atoms with Gasteiger partial charge in [-0.2, -0.15) is 0 Å². The first-order valence-corrected chi connectivity index (χ1v) is 6.16. The zero-order valence-electron chi connectivity index (χ0n) is 9.62. The van der Waals surface area contributed by atoms with Crippen molar-refractivity contribution in [1.82, 2.24) is 9.97 Å². The van der Waals surface area contributed by atoms with Crippen molar-refractivity contribution in [3.63, 3.8) is 0 Å². The SMILES string of the molecule is CCOC(=O)c1[nH]c(=O)[nH]c1-c1ccc(Br)cc1. The number of esters is 1. The second-order valence-corrected chi connectivity index (χ2v) is 4.47. The summed E-state index contributed by atoms with van der Waals surface area (Å²) in [6, 6.07) is 7.25. The molecule has 0 spiro atoms. The quantitative estimate of drug-likeness (QED) is 0.854. The van der Waals surface area contributed by atoms with Gasteiger partial charge in [0.25, 0.3) is 0 Å². The Morgan fingerprint density at radius 1 is 1.28 bits per heavy atom. The Labute approximate surface area is 111 Å². The van der Waals surface area contributed by atoms with Gasteiger partial charge in [-0.3, -0.25) is 4.98 Å². The summed E-state index contributed by atoms with van der Waals surface area (Å²) in [6.07, 6.45) is 0. The molecule has 2 N–H and O–H groups in total. The molecule has 0 radical (unpaired) electrons. The Bertz CT molecular complexity index is 613. The standard InChI is InChI=1S/C12H11BrN2O3/c1-2-18-11(16)10-9(14-12(17)15-10)7-3-5-8(13)6-4-7/h3-6H,2H2,1H3,(H2,14,15,17). The maximum Gasteiger partial charge on any atom is 0.357 e. The van der Waals surface area contributed by atoms with E-state index in [-0.39, 0.29) is 12.3 Å². The molecule has 1 aromatic carbocycles. The first-order chi connectivity index (χ1) is 8.61. The normalized spacial score (nSPS) is 10.3. The first kappa shape index (κ1) is 12.6. The van der Waals surface area contributed by atoms with Crippen molar-refractivity contribution >= 4 is 21.9 Å². The summed E-state index contributed by atoms with van der Waals surface area (Å²) in [5.74, 6) is -0.547. The van der Waals surface area contributed by atoms with Crippen molar-refractivity contribution in [2.24, 2.45) is 0 Å². The van der Waals surface area contributed by atoms with E-state index in [4.69, 9.17) is 4.74 Å². The van der Waals surface area contributed by atoms with Crippen LogP contribution in [0.5, 0.6) is 0 Å². The van der Waals surface area contributed by atoms with Crippen LogP contribution in [-0.2, 0) is 4.74 Å². The van der Waals surface area contributed by atoms with E-state index in [1.165, 1.54) is 0 Å². The summed E-state index contributed by atoms with van der Waals surface area (Å²) >= 11 is 3.32. The first-order valence-electron chi connectivity index (χ1n) is 5.37. The molecule has 0 aliphatic heterocycles. The highest BCUT2D eigenvalue weighted by Gasteiger charge is 2.17. The fourth-order valence-electron chi connectivity index (χ4n) is 1.57.